The normalized spacial score (nSPS) is 19.1. The molecule has 16 heavy (non-hydrogen) atoms. The third-order valence-corrected chi connectivity index (χ3v) is 3.21. The second-order valence-electron chi connectivity index (χ2n) is 4.56. The molecule has 4 nitrogen and oxygen atoms in total. The predicted octanol–water partition coefficient (Wildman–Crippen LogP) is 3.10. The molecule has 1 fully saturated rings. The van der Waals surface area contributed by atoms with E-state index in [0.29, 0.717) is 5.92 Å². The van der Waals surface area contributed by atoms with Crippen LogP contribution in [0.25, 0.3) is 0 Å². The van der Waals surface area contributed by atoms with Crippen LogP contribution in [-0.2, 0) is 0 Å². The van der Waals surface area contributed by atoms with E-state index in [-0.39, 0.29) is 11.7 Å². The van der Waals surface area contributed by atoms with Crippen molar-refractivity contribution in [1.82, 2.24) is 10.1 Å². The van der Waals surface area contributed by atoms with Crippen LogP contribution in [0.4, 0.5) is 0 Å². The number of Topliss-reactive ketones (excluding diaryl/α,β-unsaturated/α-hetero) is 1. The van der Waals surface area contributed by atoms with E-state index < -0.39 is 0 Å². The molecule has 0 bridgehead atoms. The van der Waals surface area contributed by atoms with Gasteiger partial charge in [-0.25, -0.2) is 0 Å². The molecule has 0 radical (unpaired) electrons. The summed E-state index contributed by atoms with van der Waals surface area (Å²) in [6.45, 7) is 1.45. The molecular formula is C12H18N2O2. The van der Waals surface area contributed by atoms with E-state index in [2.05, 4.69) is 10.1 Å². The van der Waals surface area contributed by atoms with Crippen LogP contribution >= 0.6 is 0 Å². The molecule has 0 amide bonds. The van der Waals surface area contributed by atoms with Crippen molar-refractivity contribution in [2.24, 2.45) is 0 Å². The maximum atomic E-state index is 11.1. The van der Waals surface area contributed by atoms with Crippen molar-refractivity contribution < 1.29 is 9.32 Å². The summed E-state index contributed by atoms with van der Waals surface area (Å²) < 4.78 is 4.94. The van der Waals surface area contributed by atoms with Gasteiger partial charge in [0.15, 0.2) is 5.82 Å². The molecule has 1 aliphatic rings. The van der Waals surface area contributed by atoms with E-state index in [1.165, 1.54) is 39.0 Å². The summed E-state index contributed by atoms with van der Waals surface area (Å²) in [5.41, 5.74) is 0. The van der Waals surface area contributed by atoms with Crippen LogP contribution in [0.15, 0.2) is 4.52 Å². The summed E-state index contributed by atoms with van der Waals surface area (Å²) in [6.07, 6.45) is 8.65. The summed E-state index contributed by atoms with van der Waals surface area (Å²) >= 11 is 0. The van der Waals surface area contributed by atoms with Gasteiger partial charge in [0, 0.05) is 12.8 Å². The largest absolute Gasteiger partial charge is 0.331 e. The predicted molar refractivity (Wildman–Crippen MR) is 59.4 cm³/mol. The van der Waals surface area contributed by atoms with Crippen LogP contribution in [0, 0.1) is 0 Å². The zero-order valence-electron chi connectivity index (χ0n) is 9.74. The number of ketones is 1. The van der Waals surface area contributed by atoms with Gasteiger partial charge in [0.2, 0.25) is 5.78 Å². The van der Waals surface area contributed by atoms with Gasteiger partial charge < -0.3 is 4.52 Å². The first-order valence-electron chi connectivity index (χ1n) is 6.12. The molecule has 0 unspecified atom stereocenters. The number of carbonyl (C=O) groups excluding carboxylic acids is 1. The number of hydrogen-bond acceptors (Lipinski definition) is 4. The van der Waals surface area contributed by atoms with Crippen LogP contribution in [0.2, 0.25) is 0 Å². The molecule has 1 aromatic heterocycles. The molecule has 2 rings (SSSR count). The first kappa shape index (κ1) is 11.3. The van der Waals surface area contributed by atoms with Crippen molar-refractivity contribution in [3.8, 4) is 0 Å². The van der Waals surface area contributed by atoms with Crippen molar-refractivity contribution in [2.45, 2.75) is 57.8 Å². The Bertz CT molecular complexity index is 352. The molecule has 0 saturated heterocycles. The minimum absolute atomic E-state index is 0.149. The highest BCUT2D eigenvalue weighted by Gasteiger charge is 2.20. The van der Waals surface area contributed by atoms with Crippen molar-refractivity contribution in [2.75, 3.05) is 0 Å². The molecule has 1 saturated carbocycles. The fraction of sp³-hybridized carbons (Fsp3) is 0.750. The van der Waals surface area contributed by atoms with Crippen LogP contribution in [0.3, 0.4) is 0 Å². The van der Waals surface area contributed by atoms with E-state index in [0.717, 1.165) is 18.7 Å². The van der Waals surface area contributed by atoms with E-state index >= 15 is 0 Å². The van der Waals surface area contributed by atoms with Crippen LogP contribution < -0.4 is 0 Å². The highest BCUT2D eigenvalue weighted by molar-refractivity contribution is 5.89. The number of nitrogens with zero attached hydrogens (tertiary/aromatic N) is 2. The molecule has 1 aliphatic carbocycles. The maximum absolute atomic E-state index is 11.1. The van der Waals surface area contributed by atoms with E-state index in [4.69, 9.17) is 4.52 Å². The van der Waals surface area contributed by atoms with Gasteiger partial charge in [0.05, 0.1) is 0 Å². The molecule has 88 valence electrons. The van der Waals surface area contributed by atoms with Gasteiger partial charge in [-0.3, -0.25) is 4.79 Å². The van der Waals surface area contributed by atoms with Gasteiger partial charge in [-0.2, -0.15) is 4.98 Å². The number of rotatable bonds is 2. The highest BCUT2D eigenvalue weighted by atomic mass is 16.5. The lowest BCUT2D eigenvalue weighted by molar-refractivity contribution is 0.0972. The van der Waals surface area contributed by atoms with E-state index in [1.54, 1.807) is 0 Å². The lowest BCUT2D eigenvalue weighted by Crippen LogP contribution is -2.04. The third-order valence-electron chi connectivity index (χ3n) is 3.21. The van der Waals surface area contributed by atoms with Crippen LogP contribution in [0.1, 0.15) is 74.3 Å². The minimum atomic E-state index is -0.149. The van der Waals surface area contributed by atoms with Gasteiger partial charge in [0.25, 0.3) is 5.89 Å². The van der Waals surface area contributed by atoms with Gasteiger partial charge >= 0.3 is 0 Å². The topological polar surface area (TPSA) is 56.0 Å². The first-order valence-corrected chi connectivity index (χ1v) is 6.12. The SMILES string of the molecule is CC(=O)c1nc(C2CCCCCCC2)no1. The zero-order valence-corrected chi connectivity index (χ0v) is 9.74. The third kappa shape index (κ3) is 2.68. The first-order chi connectivity index (χ1) is 7.77. The van der Waals surface area contributed by atoms with E-state index in [9.17, 15) is 4.79 Å². The number of hydrogen-bond donors (Lipinski definition) is 0. The van der Waals surface area contributed by atoms with Gasteiger partial charge in [-0.1, -0.05) is 37.3 Å². The Hall–Kier alpha value is -1.19. The Morgan fingerprint density at radius 2 is 1.81 bits per heavy atom. The van der Waals surface area contributed by atoms with Crippen molar-refractivity contribution in [1.29, 1.82) is 0 Å². The Kier molecular flexibility index (Phi) is 3.70. The Morgan fingerprint density at radius 1 is 1.19 bits per heavy atom. The highest BCUT2D eigenvalue weighted by Crippen LogP contribution is 2.29. The second-order valence-corrected chi connectivity index (χ2v) is 4.56. The van der Waals surface area contributed by atoms with Crippen molar-refractivity contribution in [3.05, 3.63) is 11.7 Å². The second kappa shape index (κ2) is 5.23. The standard InChI is InChI=1S/C12H18N2O2/c1-9(15)12-13-11(14-16-12)10-7-5-3-2-4-6-8-10/h10H,2-8H2,1H3. The summed E-state index contributed by atoms with van der Waals surface area (Å²) in [7, 11) is 0. The summed E-state index contributed by atoms with van der Waals surface area (Å²) in [4.78, 5) is 15.2. The van der Waals surface area contributed by atoms with E-state index in [1.807, 2.05) is 0 Å². The Labute approximate surface area is 95.4 Å². The zero-order chi connectivity index (χ0) is 11.4. The molecule has 1 aromatic rings. The smallest absolute Gasteiger partial charge is 0.293 e. The maximum Gasteiger partial charge on any atom is 0.293 e. The molecule has 0 atom stereocenters. The molecular weight excluding hydrogens is 204 g/mol. The molecule has 0 aromatic carbocycles. The monoisotopic (exact) mass is 222 g/mol. The minimum Gasteiger partial charge on any atom is -0.331 e. The molecule has 0 aliphatic heterocycles. The average Bonchev–Trinajstić information content (AvgIpc) is 2.66. The fourth-order valence-corrected chi connectivity index (χ4v) is 2.26. The molecule has 4 heteroatoms. The lowest BCUT2D eigenvalue weighted by Gasteiger charge is -2.15. The van der Waals surface area contributed by atoms with Gasteiger partial charge in [-0.05, 0) is 12.8 Å². The lowest BCUT2D eigenvalue weighted by atomic mass is 9.91. The quantitative estimate of drug-likeness (QED) is 0.721. The van der Waals surface area contributed by atoms with Crippen molar-refractivity contribution in [3.63, 3.8) is 0 Å². The van der Waals surface area contributed by atoms with Crippen LogP contribution in [-0.4, -0.2) is 15.9 Å². The molecule has 1 heterocycles. The van der Waals surface area contributed by atoms with Crippen LogP contribution in [0.5, 0.6) is 0 Å². The average molecular weight is 222 g/mol. The summed E-state index contributed by atoms with van der Waals surface area (Å²) in [6, 6.07) is 0. The summed E-state index contributed by atoms with van der Waals surface area (Å²) in [5, 5.41) is 3.93. The van der Waals surface area contributed by atoms with Crippen molar-refractivity contribution >= 4 is 5.78 Å². The Morgan fingerprint density at radius 3 is 2.38 bits per heavy atom. The molecule has 0 N–H and O–H groups in total. The summed E-state index contributed by atoms with van der Waals surface area (Å²) in [5.74, 6) is 1.12. The van der Waals surface area contributed by atoms with Gasteiger partial charge in [-0.15, -0.1) is 0 Å². The Balaban J connectivity index is 2.05. The van der Waals surface area contributed by atoms with Gasteiger partial charge in [0.1, 0.15) is 0 Å². The number of aromatic nitrogens is 2. The fourth-order valence-electron chi connectivity index (χ4n) is 2.26. The number of carbonyl (C=O) groups is 1. The molecule has 0 spiro atoms.